The lowest BCUT2D eigenvalue weighted by Gasteiger charge is -2.33. The summed E-state index contributed by atoms with van der Waals surface area (Å²) < 4.78 is 5.20. The number of alkyl carbamates (subject to hydrolysis) is 1. The lowest BCUT2D eigenvalue weighted by molar-refractivity contribution is 0.111. The second kappa shape index (κ2) is 8.79. The van der Waals surface area contributed by atoms with Crippen molar-refractivity contribution in [2.75, 3.05) is 18.0 Å². The molecular formula is C24H28N4O3. The zero-order valence-electron chi connectivity index (χ0n) is 18.1. The number of phenolic OH excluding ortho intramolecular Hbond substituents is 1. The number of benzene rings is 2. The number of para-hydroxylation sites is 1. The molecule has 1 aromatic heterocycles. The number of piperidine rings is 1. The number of amides is 1. The van der Waals surface area contributed by atoms with Crippen LogP contribution in [-0.2, 0) is 4.74 Å². The molecule has 31 heavy (non-hydrogen) atoms. The number of anilines is 1. The van der Waals surface area contributed by atoms with Crippen LogP contribution in [0.2, 0.25) is 0 Å². The Morgan fingerprint density at radius 3 is 2.61 bits per heavy atom. The van der Waals surface area contributed by atoms with Crippen LogP contribution in [0.1, 0.15) is 32.3 Å². The normalized spacial score (nSPS) is 14.8. The molecule has 3 aromatic rings. The fraction of sp³-hybridized carbons (Fsp3) is 0.375. The molecule has 0 spiro atoms. The van der Waals surface area contributed by atoms with Gasteiger partial charge in [-0.2, -0.15) is 0 Å². The van der Waals surface area contributed by atoms with Crippen LogP contribution in [0.3, 0.4) is 0 Å². The zero-order valence-corrected chi connectivity index (χ0v) is 18.1. The molecule has 2 N–H and O–H groups in total. The van der Waals surface area contributed by atoms with Crippen molar-refractivity contribution in [3.8, 4) is 17.1 Å². The van der Waals surface area contributed by atoms with Crippen LogP contribution >= 0.6 is 0 Å². The van der Waals surface area contributed by atoms with Gasteiger partial charge in [0, 0.05) is 24.5 Å². The fourth-order valence-corrected chi connectivity index (χ4v) is 3.90. The van der Waals surface area contributed by atoms with Gasteiger partial charge in [-0.3, -0.25) is 0 Å². The Balaban J connectivity index is 1.62. The number of rotatable bonds is 4. The Labute approximate surface area is 182 Å². The number of hydrogen-bond donors (Lipinski definition) is 2. The molecule has 2 aromatic carbocycles. The van der Waals surface area contributed by atoms with Gasteiger partial charge in [0.1, 0.15) is 11.6 Å². The van der Waals surface area contributed by atoms with Crippen LogP contribution in [0.4, 0.5) is 10.6 Å². The Morgan fingerprint density at radius 1 is 1.16 bits per heavy atom. The first-order chi connectivity index (χ1) is 14.9. The van der Waals surface area contributed by atoms with E-state index in [4.69, 9.17) is 14.7 Å². The highest BCUT2D eigenvalue weighted by atomic mass is 16.6. The van der Waals surface area contributed by atoms with Crippen molar-refractivity contribution in [2.45, 2.75) is 45.8 Å². The number of phenols is 1. The molecule has 7 heteroatoms. The summed E-state index contributed by atoms with van der Waals surface area (Å²) in [5, 5.41) is 14.3. The third kappa shape index (κ3) is 4.71. The van der Waals surface area contributed by atoms with Crippen LogP contribution in [-0.4, -0.2) is 46.4 Å². The number of ether oxygens (including phenoxy) is 1. The van der Waals surface area contributed by atoms with Crippen molar-refractivity contribution in [2.24, 2.45) is 0 Å². The van der Waals surface area contributed by atoms with Crippen molar-refractivity contribution in [3.05, 3.63) is 48.0 Å². The minimum absolute atomic E-state index is 0.0792. The average Bonchev–Trinajstić information content (AvgIpc) is 2.73. The zero-order chi connectivity index (χ0) is 22.0. The predicted octanol–water partition coefficient (Wildman–Crippen LogP) is 4.41. The smallest absolute Gasteiger partial charge is 0.407 e. The van der Waals surface area contributed by atoms with Crippen LogP contribution in [0, 0.1) is 6.92 Å². The summed E-state index contributed by atoms with van der Waals surface area (Å²) in [5.74, 6) is 1.52. The number of fused-ring (bicyclic) bond motifs is 1. The van der Waals surface area contributed by atoms with Gasteiger partial charge in [-0.15, -0.1) is 0 Å². The van der Waals surface area contributed by atoms with Crippen molar-refractivity contribution in [1.29, 1.82) is 0 Å². The maximum atomic E-state index is 11.9. The van der Waals surface area contributed by atoms with E-state index in [1.165, 1.54) is 0 Å². The van der Waals surface area contributed by atoms with Crippen molar-refractivity contribution in [3.63, 3.8) is 0 Å². The highest BCUT2D eigenvalue weighted by Gasteiger charge is 2.24. The van der Waals surface area contributed by atoms with E-state index in [-0.39, 0.29) is 24.0 Å². The largest absolute Gasteiger partial charge is 0.507 e. The summed E-state index contributed by atoms with van der Waals surface area (Å²) in [6.07, 6.45) is 1.11. The van der Waals surface area contributed by atoms with Crippen LogP contribution in [0.25, 0.3) is 22.3 Å². The first kappa shape index (κ1) is 20.9. The molecular weight excluding hydrogens is 392 g/mol. The molecule has 162 valence electrons. The number of carbonyl (C=O) groups is 1. The van der Waals surface area contributed by atoms with Gasteiger partial charge in [-0.25, -0.2) is 14.8 Å². The van der Waals surface area contributed by atoms with E-state index in [1.807, 2.05) is 39.0 Å². The van der Waals surface area contributed by atoms with E-state index >= 15 is 0 Å². The quantitative estimate of drug-likeness (QED) is 0.650. The van der Waals surface area contributed by atoms with Crippen LogP contribution in [0.15, 0.2) is 42.5 Å². The predicted molar refractivity (Wildman–Crippen MR) is 121 cm³/mol. The molecule has 1 aliphatic heterocycles. The van der Waals surface area contributed by atoms with Gasteiger partial charge in [0.25, 0.3) is 0 Å². The first-order valence-electron chi connectivity index (χ1n) is 10.7. The SMILES string of the molecule is Cc1ccc2c(N3CCC(NC(=O)OC(C)C)CC3)nc(-c3ccccc3O)nc2c1. The third-order valence-corrected chi connectivity index (χ3v) is 5.44. The number of hydrogen-bond acceptors (Lipinski definition) is 6. The lowest BCUT2D eigenvalue weighted by atomic mass is 10.0. The van der Waals surface area contributed by atoms with E-state index < -0.39 is 0 Å². The second-order valence-corrected chi connectivity index (χ2v) is 8.27. The molecule has 1 saturated heterocycles. The fourth-order valence-electron chi connectivity index (χ4n) is 3.90. The maximum Gasteiger partial charge on any atom is 0.407 e. The number of aryl methyl sites for hydroxylation is 1. The van der Waals surface area contributed by atoms with E-state index in [1.54, 1.807) is 12.1 Å². The summed E-state index contributed by atoms with van der Waals surface area (Å²) in [5.41, 5.74) is 2.58. The molecule has 1 aliphatic rings. The Hall–Kier alpha value is -3.35. The number of nitrogens with zero attached hydrogens (tertiary/aromatic N) is 3. The molecule has 1 fully saturated rings. The molecule has 2 heterocycles. The molecule has 1 amide bonds. The summed E-state index contributed by atoms with van der Waals surface area (Å²) in [6, 6.07) is 13.4. The van der Waals surface area contributed by atoms with E-state index in [9.17, 15) is 9.90 Å². The van der Waals surface area contributed by atoms with Gasteiger partial charge >= 0.3 is 6.09 Å². The van der Waals surface area contributed by atoms with Gasteiger partial charge in [0.2, 0.25) is 0 Å². The van der Waals surface area contributed by atoms with Crippen molar-refractivity contribution >= 4 is 22.8 Å². The number of carbonyl (C=O) groups excluding carboxylic acids is 1. The standard InChI is InChI=1S/C24H28N4O3/c1-15(2)31-24(30)25-17-10-12-28(13-11-17)23-18-9-8-16(3)14-20(18)26-22(27-23)19-6-4-5-7-21(19)29/h4-9,14-15,17,29H,10-13H2,1-3H3,(H,25,30). The van der Waals surface area contributed by atoms with Crippen molar-refractivity contribution in [1.82, 2.24) is 15.3 Å². The summed E-state index contributed by atoms with van der Waals surface area (Å²) in [6.45, 7) is 7.23. The third-order valence-electron chi connectivity index (χ3n) is 5.44. The van der Waals surface area contributed by atoms with Crippen molar-refractivity contribution < 1.29 is 14.6 Å². The molecule has 4 rings (SSSR count). The number of aromatic nitrogens is 2. The molecule has 7 nitrogen and oxygen atoms in total. The average molecular weight is 421 g/mol. The van der Waals surface area contributed by atoms with E-state index in [0.29, 0.717) is 11.4 Å². The first-order valence-corrected chi connectivity index (χ1v) is 10.7. The van der Waals surface area contributed by atoms with Crippen LogP contribution < -0.4 is 10.2 Å². The highest BCUT2D eigenvalue weighted by Crippen LogP contribution is 2.33. The molecule has 0 bridgehead atoms. The Kier molecular flexibility index (Phi) is 5.93. The number of nitrogens with one attached hydrogen (secondary N) is 1. The summed E-state index contributed by atoms with van der Waals surface area (Å²) >= 11 is 0. The van der Waals surface area contributed by atoms with Gasteiger partial charge in [0.05, 0.1) is 17.2 Å². The maximum absolute atomic E-state index is 11.9. The van der Waals surface area contributed by atoms with Gasteiger partial charge in [-0.05, 0) is 63.4 Å². The molecule has 0 aliphatic carbocycles. The second-order valence-electron chi connectivity index (χ2n) is 8.27. The Bertz CT molecular complexity index is 1090. The van der Waals surface area contributed by atoms with Gasteiger partial charge < -0.3 is 20.1 Å². The Morgan fingerprint density at radius 2 is 1.90 bits per heavy atom. The summed E-state index contributed by atoms with van der Waals surface area (Å²) in [4.78, 5) is 23.7. The minimum atomic E-state index is -0.363. The van der Waals surface area contributed by atoms with Gasteiger partial charge in [0.15, 0.2) is 5.82 Å². The molecule has 0 radical (unpaired) electrons. The lowest BCUT2D eigenvalue weighted by Crippen LogP contribution is -2.45. The molecule has 0 unspecified atom stereocenters. The van der Waals surface area contributed by atoms with E-state index in [0.717, 1.165) is 48.2 Å². The number of aromatic hydroxyl groups is 1. The summed E-state index contributed by atoms with van der Waals surface area (Å²) in [7, 11) is 0. The van der Waals surface area contributed by atoms with Gasteiger partial charge in [-0.1, -0.05) is 18.2 Å². The minimum Gasteiger partial charge on any atom is -0.507 e. The molecule has 0 saturated carbocycles. The monoisotopic (exact) mass is 420 g/mol. The topological polar surface area (TPSA) is 87.6 Å². The highest BCUT2D eigenvalue weighted by molar-refractivity contribution is 5.92. The van der Waals surface area contributed by atoms with E-state index in [2.05, 4.69) is 22.3 Å². The van der Waals surface area contributed by atoms with Crippen LogP contribution in [0.5, 0.6) is 5.75 Å². The molecule has 0 atom stereocenters.